The third-order valence-corrected chi connectivity index (χ3v) is 6.57. The van der Waals surface area contributed by atoms with E-state index in [-0.39, 0.29) is 16.5 Å². The van der Waals surface area contributed by atoms with Crippen LogP contribution in [0.15, 0.2) is 89.8 Å². The van der Waals surface area contributed by atoms with Crippen molar-refractivity contribution in [1.82, 2.24) is 0 Å². The zero-order chi connectivity index (χ0) is 23.3. The number of anilines is 3. The molecule has 2 N–H and O–H groups in total. The van der Waals surface area contributed by atoms with Crippen LogP contribution in [0, 0.1) is 0 Å². The van der Waals surface area contributed by atoms with Crippen LogP contribution in [-0.4, -0.2) is 26.8 Å². The number of amides is 2. The molecule has 7 nitrogen and oxygen atoms in total. The Hall–Kier alpha value is -3.91. The van der Waals surface area contributed by atoms with Crippen LogP contribution >= 0.6 is 0 Å². The summed E-state index contributed by atoms with van der Waals surface area (Å²) in [5, 5.41) is 2.71. The van der Waals surface area contributed by atoms with Crippen molar-refractivity contribution in [2.75, 3.05) is 21.5 Å². The molecular weight excluding hydrogens is 438 g/mol. The fraction of sp³-hybridized carbons (Fsp3) is 0.120. The summed E-state index contributed by atoms with van der Waals surface area (Å²) in [4.78, 5) is 26.2. The lowest BCUT2D eigenvalue weighted by Crippen LogP contribution is -2.23. The van der Waals surface area contributed by atoms with Gasteiger partial charge in [-0.3, -0.25) is 14.3 Å². The Morgan fingerprint density at radius 3 is 2.21 bits per heavy atom. The molecule has 1 heterocycles. The summed E-state index contributed by atoms with van der Waals surface area (Å²) >= 11 is 0. The molecule has 4 rings (SSSR count). The monoisotopic (exact) mass is 461 g/mol. The van der Waals surface area contributed by atoms with E-state index in [2.05, 4.69) is 10.0 Å². The molecule has 2 amide bonds. The van der Waals surface area contributed by atoms with Gasteiger partial charge in [0.15, 0.2) is 0 Å². The Labute approximate surface area is 192 Å². The van der Waals surface area contributed by atoms with Crippen LogP contribution in [0.3, 0.4) is 0 Å². The lowest BCUT2D eigenvalue weighted by atomic mass is 10.2. The van der Waals surface area contributed by atoms with Crippen LogP contribution in [0.5, 0.6) is 0 Å². The minimum Gasteiger partial charge on any atom is -0.321 e. The maximum atomic E-state index is 12.6. The second kappa shape index (κ2) is 9.70. The van der Waals surface area contributed by atoms with E-state index in [4.69, 9.17) is 0 Å². The van der Waals surface area contributed by atoms with E-state index in [9.17, 15) is 18.0 Å². The van der Waals surface area contributed by atoms with Gasteiger partial charge in [0.25, 0.3) is 10.0 Å². The highest BCUT2D eigenvalue weighted by Crippen LogP contribution is 2.25. The molecule has 33 heavy (non-hydrogen) atoms. The molecule has 0 radical (unpaired) electrons. The van der Waals surface area contributed by atoms with Gasteiger partial charge in [-0.25, -0.2) is 8.42 Å². The Morgan fingerprint density at radius 2 is 1.55 bits per heavy atom. The molecule has 0 atom stereocenters. The van der Waals surface area contributed by atoms with Crippen molar-refractivity contribution in [3.05, 3.63) is 90.5 Å². The molecular formula is C25H23N3O4S. The first-order valence-electron chi connectivity index (χ1n) is 10.5. The SMILES string of the molecule is O=C(/C=C/c1ccc(N2CCCC2=O)cc1)Nc1ccccc1NS(=O)(=O)c1ccccc1. The Balaban J connectivity index is 1.43. The third kappa shape index (κ3) is 5.48. The van der Waals surface area contributed by atoms with E-state index in [1.807, 2.05) is 24.3 Å². The van der Waals surface area contributed by atoms with E-state index >= 15 is 0 Å². The minimum atomic E-state index is -3.79. The zero-order valence-corrected chi connectivity index (χ0v) is 18.6. The summed E-state index contributed by atoms with van der Waals surface area (Å²) in [6.45, 7) is 0.726. The largest absolute Gasteiger partial charge is 0.321 e. The number of benzene rings is 3. The topological polar surface area (TPSA) is 95.6 Å². The Morgan fingerprint density at radius 1 is 0.879 bits per heavy atom. The van der Waals surface area contributed by atoms with Crippen molar-refractivity contribution in [2.24, 2.45) is 0 Å². The Bertz CT molecular complexity index is 1290. The van der Waals surface area contributed by atoms with E-state index in [0.717, 1.165) is 24.2 Å². The average molecular weight is 462 g/mol. The number of hydrogen-bond donors (Lipinski definition) is 2. The van der Waals surface area contributed by atoms with Gasteiger partial charge in [0.1, 0.15) is 0 Å². The average Bonchev–Trinajstić information content (AvgIpc) is 3.25. The van der Waals surface area contributed by atoms with Crippen molar-refractivity contribution in [3.63, 3.8) is 0 Å². The first-order valence-corrected chi connectivity index (χ1v) is 12.0. The van der Waals surface area contributed by atoms with Crippen LogP contribution < -0.4 is 14.9 Å². The van der Waals surface area contributed by atoms with Gasteiger partial charge >= 0.3 is 0 Å². The molecule has 0 bridgehead atoms. The van der Waals surface area contributed by atoms with E-state index in [1.54, 1.807) is 53.4 Å². The quantitative estimate of drug-likeness (QED) is 0.514. The zero-order valence-electron chi connectivity index (χ0n) is 17.8. The molecule has 3 aromatic rings. The number of hydrogen-bond acceptors (Lipinski definition) is 4. The van der Waals surface area contributed by atoms with Gasteiger partial charge in [-0.1, -0.05) is 42.5 Å². The van der Waals surface area contributed by atoms with Gasteiger partial charge in [0.05, 0.1) is 16.3 Å². The molecule has 1 fully saturated rings. The van der Waals surface area contributed by atoms with Crippen molar-refractivity contribution >= 4 is 45.0 Å². The van der Waals surface area contributed by atoms with E-state index in [1.165, 1.54) is 18.2 Å². The number of carbonyl (C=O) groups excluding carboxylic acids is 2. The minimum absolute atomic E-state index is 0.124. The first kappa shape index (κ1) is 22.3. The highest BCUT2D eigenvalue weighted by Gasteiger charge is 2.21. The normalized spacial score (nSPS) is 13.9. The number of carbonyl (C=O) groups is 2. The second-order valence-corrected chi connectivity index (χ2v) is 9.21. The maximum absolute atomic E-state index is 12.6. The maximum Gasteiger partial charge on any atom is 0.261 e. The molecule has 1 saturated heterocycles. The lowest BCUT2D eigenvalue weighted by Gasteiger charge is -2.15. The molecule has 8 heteroatoms. The summed E-state index contributed by atoms with van der Waals surface area (Å²) in [5.41, 5.74) is 2.26. The van der Waals surface area contributed by atoms with Crippen molar-refractivity contribution in [1.29, 1.82) is 0 Å². The fourth-order valence-electron chi connectivity index (χ4n) is 3.52. The highest BCUT2D eigenvalue weighted by atomic mass is 32.2. The standard InChI is InChI=1S/C25H23N3O4S/c29-24(17-14-19-12-15-20(16-13-19)28-18-6-11-25(28)30)26-22-9-4-5-10-23(22)27-33(31,32)21-7-2-1-3-8-21/h1-5,7-10,12-17,27H,6,11,18H2,(H,26,29)/b17-14+. The van der Waals surface area contributed by atoms with Gasteiger partial charge in [0, 0.05) is 24.7 Å². The molecule has 0 aromatic heterocycles. The van der Waals surface area contributed by atoms with Crippen molar-refractivity contribution in [3.8, 4) is 0 Å². The number of nitrogens with zero attached hydrogens (tertiary/aromatic N) is 1. The van der Waals surface area contributed by atoms with E-state index in [0.29, 0.717) is 12.1 Å². The van der Waals surface area contributed by atoms with E-state index < -0.39 is 15.9 Å². The summed E-state index contributed by atoms with van der Waals surface area (Å²) < 4.78 is 27.8. The summed E-state index contributed by atoms with van der Waals surface area (Å²) in [7, 11) is -3.79. The predicted molar refractivity (Wildman–Crippen MR) is 129 cm³/mol. The molecule has 0 unspecified atom stereocenters. The molecule has 3 aromatic carbocycles. The van der Waals surface area contributed by atoms with Gasteiger partial charge in [0.2, 0.25) is 11.8 Å². The van der Waals surface area contributed by atoms with Gasteiger partial charge in [-0.2, -0.15) is 0 Å². The van der Waals surface area contributed by atoms with Gasteiger partial charge < -0.3 is 10.2 Å². The summed E-state index contributed by atoms with van der Waals surface area (Å²) in [5.74, 6) is -0.278. The van der Waals surface area contributed by atoms with Gasteiger partial charge in [-0.15, -0.1) is 0 Å². The highest BCUT2D eigenvalue weighted by molar-refractivity contribution is 7.92. The molecule has 1 aliphatic rings. The van der Waals surface area contributed by atoms with Crippen molar-refractivity contribution < 1.29 is 18.0 Å². The molecule has 1 aliphatic heterocycles. The van der Waals surface area contributed by atoms with Crippen LogP contribution in [0.1, 0.15) is 18.4 Å². The summed E-state index contributed by atoms with van der Waals surface area (Å²) in [6, 6.07) is 22.0. The van der Waals surface area contributed by atoms with Crippen LogP contribution in [-0.2, 0) is 19.6 Å². The summed E-state index contributed by atoms with van der Waals surface area (Å²) in [6.07, 6.45) is 4.47. The molecule has 0 aliphatic carbocycles. The fourth-order valence-corrected chi connectivity index (χ4v) is 4.62. The number of nitrogens with one attached hydrogen (secondary N) is 2. The second-order valence-electron chi connectivity index (χ2n) is 7.53. The number of sulfonamides is 1. The van der Waals surface area contributed by atoms with Crippen LogP contribution in [0.4, 0.5) is 17.1 Å². The Kier molecular flexibility index (Phi) is 6.55. The molecule has 168 valence electrons. The molecule has 0 spiro atoms. The van der Waals surface area contributed by atoms with Gasteiger partial charge in [-0.05, 0) is 54.5 Å². The third-order valence-electron chi connectivity index (χ3n) is 5.19. The van der Waals surface area contributed by atoms with Crippen molar-refractivity contribution in [2.45, 2.75) is 17.7 Å². The van der Waals surface area contributed by atoms with Crippen LogP contribution in [0.2, 0.25) is 0 Å². The predicted octanol–water partition coefficient (Wildman–Crippen LogP) is 4.27. The first-order chi connectivity index (χ1) is 15.9. The number of rotatable bonds is 7. The van der Waals surface area contributed by atoms with Crippen LogP contribution in [0.25, 0.3) is 6.08 Å². The smallest absolute Gasteiger partial charge is 0.261 e. The number of para-hydroxylation sites is 2. The lowest BCUT2D eigenvalue weighted by molar-refractivity contribution is -0.117. The molecule has 0 saturated carbocycles.